The zero-order valence-electron chi connectivity index (χ0n) is 8.42. The predicted molar refractivity (Wildman–Crippen MR) is 62.0 cm³/mol. The van der Waals surface area contributed by atoms with Crippen molar-refractivity contribution in [2.24, 2.45) is 0 Å². The second kappa shape index (κ2) is 4.11. The molecule has 0 aromatic carbocycles. The van der Waals surface area contributed by atoms with Gasteiger partial charge in [0, 0.05) is 31.1 Å². The van der Waals surface area contributed by atoms with E-state index in [1.807, 2.05) is 6.08 Å². The molecule has 14 heavy (non-hydrogen) atoms. The first-order chi connectivity index (χ1) is 6.81. The maximum absolute atomic E-state index is 4.55. The highest BCUT2D eigenvalue weighted by atomic mass is 32.1. The van der Waals surface area contributed by atoms with E-state index in [1.165, 1.54) is 4.88 Å². The van der Waals surface area contributed by atoms with Crippen LogP contribution in [-0.2, 0) is 0 Å². The molecule has 1 N–H and O–H groups in total. The van der Waals surface area contributed by atoms with E-state index in [1.54, 1.807) is 11.3 Å². The van der Waals surface area contributed by atoms with Gasteiger partial charge >= 0.3 is 0 Å². The molecule has 1 saturated heterocycles. The van der Waals surface area contributed by atoms with Crippen molar-refractivity contribution in [2.75, 3.05) is 31.1 Å². The standard InChI is InChI=1S/C10H15N3S/c1-3-9-8(2)14-10(12-9)13-6-4-11-5-7-13/h3,11H,1,4-7H2,2H3. The Morgan fingerprint density at radius 1 is 1.50 bits per heavy atom. The molecule has 3 nitrogen and oxygen atoms in total. The third kappa shape index (κ3) is 1.81. The highest BCUT2D eigenvalue weighted by molar-refractivity contribution is 7.15. The van der Waals surface area contributed by atoms with E-state index in [2.05, 4.69) is 28.7 Å². The quantitative estimate of drug-likeness (QED) is 0.800. The Kier molecular flexibility index (Phi) is 2.84. The summed E-state index contributed by atoms with van der Waals surface area (Å²) in [5, 5.41) is 4.47. The molecule has 1 aliphatic rings. The first kappa shape index (κ1) is 9.68. The Balaban J connectivity index is 2.18. The Hall–Kier alpha value is -0.870. The lowest BCUT2D eigenvalue weighted by Gasteiger charge is -2.26. The van der Waals surface area contributed by atoms with Crippen molar-refractivity contribution < 1.29 is 0 Å². The van der Waals surface area contributed by atoms with E-state index < -0.39 is 0 Å². The number of piperazine rings is 1. The Labute approximate surface area is 88.5 Å². The lowest BCUT2D eigenvalue weighted by Crippen LogP contribution is -2.43. The number of thiazole rings is 1. The molecule has 4 heteroatoms. The fourth-order valence-electron chi connectivity index (χ4n) is 1.57. The van der Waals surface area contributed by atoms with Crippen LogP contribution in [0.5, 0.6) is 0 Å². The van der Waals surface area contributed by atoms with Gasteiger partial charge in [0.05, 0.1) is 5.69 Å². The van der Waals surface area contributed by atoms with Crippen LogP contribution in [0.25, 0.3) is 6.08 Å². The third-order valence-corrected chi connectivity index (χ3v) is 3.45. The van der Waals surface area contributed by atoms with Crippen LogP contribution in [0.4, 0.5) is 5.13 Å². The summed E-state index contributed by atoms with van der Waals surface area (Å²) >= 11 is 1.76. The minimum atomic E-state index is 1.03. The first-order valence-corrected chi connectivity index (χ1v) is 5.68. The van der Waals surface area contributed by atoms with Gasteiger partial charge in [-0.05, 0) is 13.0 Å². The Morgan fingerprint density at radius 2 is 2.21 bits per heavy atom. The summed E-state index contributed by atoms with van der Waals surface area (Å²) in [5.74, 6) is 0. The van der Waals surface area contributed by atoms with Crippen molar-refractivity contribution in [3.8, 4) is 0 Å². The molecule has 0 radical (unpaired) electrons. The van der Waals surface area contributed by atoms with E-state index in [0.717, 1.165) is 37.0 Å². The normalized spacial score (nSPS) is 17.1. The molecule has 0 spiro atoms. The number of hydrogen-bond donors (Lipinski definition) is 1. The molecule has 0 aliphatic carbocycles. The van der Waals surface area contributed by atoms with Crippen molar-refractivity contribution in [1.82, 2.24) is 10.3 Å². The van der Waals surface area contributed by atoms with Gasteiger partial charge in [-0.15, -0.1) is 11.3 Å². The summed E-state index contributed by atoms with van der Waals surface area (Å²) in [6, 6.07) is 0. The molecule has 1 aromatic rings. The molecular formula is C10H15N3S. The van der Waals surface area contributed by atoms with Crippen molar-refractivity contribution >= 4 is 22.5 Å². The van der Waals surface area contributed by atoms with Crippen LogP contribution in [0.3, 0.4) is 0 Å². The minimum Gasteiger partial charge on any atom is -0.346 e. The fourth-order valence-corrected chi connectivity index (χ4v) is 2.54. The molecule has 0 unspecified atom stereocenters. The van der Waals surface area contributed by atoms with Gasteiger partial charge in [0.15, 0.2) is 5.13 Å². The van der Waals surface area contributed by atoms with Crippen molar-refractivity contribution in [1.29, 1.82) is 0 Å². The average molecular weight is 209 g/mol. The molecule has 2 rings (SSSR count). The van der Waals surface area contributed by atoms with Crippen LogP contribution in [0, 0.1) is 6.92 Å². The number of nitrogens with zero attached hydrogens (tertiary/aromatic N) is 2. The average Bonchev–Trinajstić information content (AvgIpc) is 2.61. The fraction of sp³-hybridized carbons (Fsp3) is 0.500. The van der Waals surface area contributed by atoms with Crippen molar-refractivity contribution in [3.05, 3.63) is 17.2 Å². The summed E-state index contributed by atoms with van der Waals surface area (Å²) < 4.78 is 0. The summed E-state index contributed by atoms with van der Waals surface area (Å²) in [5.41, 5.74) is 1.03. The van der Waals surface area contributed by atoms with Crippen LogP contribution in [0.1, 0.15) is 10.6 Å². The largest absolute Gasteiger partial charge is 0.346 e. The monoisotopic (exact) mass is 209 g/mol. The molecule has 0 saturated carbocycles. The maximum Gasteiger partial charge on any atom is 0.186 e. The molecule has 1 fully saturated rings. The van der Waals surface area contributed by atoms with Gasteiger partial charge in [0.25, 0.3) is 0 Å². The number of hydrogen-bond acceptors (Lipinski definition) is 4. The van der Waals surface area contributed by atoms with E-state index in [4.69, 9.17) is 0 Å². The third-order valence-electron chi connectivity index (χ3n) is 2.40. The van der Waals surface area contributed by atoms with Gasteiger partial charge in [-0.2, -0.15) is 0 Å². The lowest BCUT2D eigenvalue weighted by atomic mass is 10.4. The summed E-state index contributed by atoms with van der Waals surface area (Å²) in [4.78, 5) is 8.14. The smallest absolute Gasteiger partial charge is 0.186 e. The molecule has 76 valence electrons. The minimum absolute atomic E-state index is 1.03. The lowest BCUT2D eigenvalue weighted by molar-refractivity contribution is 0.588. The predicted octanol–water partition coefficient (Wildman–Crippen LogP) is 1.50. The van der Waals surface area contributed by atoms with Gasteiger partial charge in [-0.3, -0.25) is 0 Å². The summed E-state index contributed by atoms with van der Waals surface area (Å²) in [6.45, 7) is 10.1. The number of anilines is 1. The second-order valence-electron chi connectivity index (χ2n) is 3.38. The molecule has 1 aromatic heterocycles. The number of rotatable bonds is 2. The molecule has 0 amide bonds. The topological polar surface area (TPSA) is 28.2 Å². The molecular weight excluding hydrogens is 194 g/mol. The highest BCUT2D eigenvalue weighted by Crippen LogP contribution is 2.26. The van der Waals surface area contributed by atoms with Crippen LogP contribution in [0.2, 0.25) is 0 Å². The van der Waals surface area contributed by atoms with Crippen molar-refractivity contribution in [2.45, 2.75) is 6.92 Å². The van der Waals surface area contributed by atoms with E-state index in [-0.39, 0.29) is 0 Å². The van der Waals surface area contributed by atoms with Crippen molar-refractivity contribution in [3.63, 3.8) is 0 Å². The SMILES string of the molecule is C=Cc1nc(N2CCNCC2)sc1C. The number of nitrogens with one attached hydrogen (secondary N) is 1. The first-order valence-electron chi connectivity index (χ1n) is 4.87. The van der Waals surface area contributed by atoms with E-state index >= 15 is 0 Å². The molecule has 0 atom stereocenters. The van der Waals surface area contributed by atoms with E-state index in [9.17, 15) is 0 Å². The summed E-state index contributed by atoms with van der Waals surface area (Å²) in [6.07, 6.45) is 1.83. The van der Waals surface area contributed by atoms with Crippen LogP contribution >= 0.6 is 11.3 Å². The Morgan fingerprint density at radius 3 is 2.79 bits per heavy atom. The van der Waals surface area contributed by atoms with Crippen LogP contribution in [-0.4, -0.2) is 31.2 Å². The molecule has 2 heterocycles. The molecule has 1 aliphatic heterocycles. The zero-order valence-corrected chi connectivity index (χ0v) is 9.23. The highest BCUT2D eigenvalue weighted by Gasteiger charge is 2.14. The second-order valence-corrected chi connectivity index (χ2v) is 4.56. The Bertz CT molecular complexity index is 326. The van der Waals surface area contributed by atoms with Gasteiger partial charge in [0.1, 0.15) is 0 Å². The molecule has 0 bridgehead atoms. The number of aromatic nitrogens is 1. The van der Waals surface area contributed by atoms with Gasteiger partial charge < -0.3 is 10.2 Å². The number of aryl methyl sites for hydroxylation is 1. The zero-order chi connectivity index (χ0) is 9.97. The maximum atomic E-state index is 4.55. The van der Waals surface area contributed by atoms with Gasteiger partial charge in [0.2, 0.25) is 0 Å². The van der Waals surface area contributed by atoms with E-state index in [0.29, 0.717) is 0 Å². The van der Waals surface area contributed by atoms with Crippen LogP contribution in [0.15, 0.2) is 6.58 Å². The van der Waals surface area contributed by atoms with Crippen LogP contribution < -0.4 is 10.2 Å². The van der Waals surface area contributed by atoms with Gasteiger partial charge in [-0.1, -0.05) is 6.58 Å². The summed E-state index contributed by atoms with van der Waals surface area (Å²) in [7, 11) is 0. The van der Waals surface area contributed by atoms with Gasteiger partial charge in [-0.25, -0.2) is 4.98 Å².